The molecular weight excluding hydrogens is 246 g/mol. The van der Waals surface area contributed by atoms with Gasteiger partial charge in [0.25, 0.3) is 0 Å². The summed E-state index contributed by atoms with van der Waals surface area (Å²) < 4.78 is 0. The Morgan fingerprint density at radius 3 is 2.61 bits per heavy atom. The molecule has 0 heterocycles. The highest BCUT2D eigenvalue weighted by Crippen LogP contribution is 2.10. The van der Waals surface area contributed by atoms with Gasteiger partial charge in [0, 0.05) is 19.0 Å². The molecule has 0 atom stereocenters. The van der Waals surface area contributed by atoms with Crippen LogP contribution in [-0.4, -0.2) is 29.8 Å². The molecule has 0 bridgehead atoms. The Morgan fingerprint density at radius 1 is 1.28 bits per heavy atom. The highest BCUT2D eigenvalue weighted by atomic mass is 35.5. The van der Waals surface area contributed by atoms with Crippen molar-refractivity contribution in [1.82, 2.24) is 4.90 Å². The Hall–Kier alpha value is -1.02. The van der Waals surface area contributed by atoms with E-state index in [1.165, 1.54) is 5.56 Å². The lowest BCUT2D eigenvalue weighted by Crippen LogP contribution is -2.34. The van der Waals surface area contributed by atoms with E-state index >= 15 is 0 Å². The number of amides is 1. The van der Waals surface area contributed by atoms with Gasteiger partial charge in [-0.2, -0.15) is 0 Å². The van der Waals surface area contributed by atoms with E-state index in [0.29, 0.717) is 18.8 Å². The molecule has 0 N–H and O–H groups in total. The summed E-state index contributed by atoms with van der Waals surface area (Å²) in [7, 11) is 0. The summed E-state index contributed by atoms with van der Waals surface area (Å²) >= 11 is 5.76. The minimum absolute atomic E-state index is 0.179. The number of hydrogen-bond acceptors (Lipinski definition) is 1. The highest BCUT2D eigenvalue weighted by molar-refractivity contribution is 6.18. The molecule has 0 aromatic heterocycles. The van der Waals surface area contributed by atoms with Crippen LogP contribution in [0, 0.1) is 6.92 Å². The van der Waals surface area contributed by atoms with Gasteiger partial charge >= 0.3 is 0 Å². The van der Waals surface area contributed by atoms with Crippen molar-refractivity contribution in [2.75, 3.05) is 19.0 Å². The fourth-order valence-electron chi connectivity index (χ4n) is 1.90. The summed E-state index contributed by atoms with van der Waals surface area (Å²) in [6.07, 6.45) is 2.61. The molecule has 1 amide bonds. The number of carbonyl (C=O) groups is 1. The van der Waals surface area contributed by atoms with Crippen molar-refractivity contribution in [3.8, 4) is 0 Å². The SMILES string of the molecule is CCCCN(CCCl)C(=O)Cc1ccccc1C. The van der Waals surface area contributed by atoms with Gasteiger partial charge in [-0.25, -0.2) is 0 Å². The Kier molecular flexibility index (Phi) is 6.81. The second-order valence-corrected chi connectivity index (χ2v) is 4.90. The van der Waals surface area contributed by atoms with E-state index in [0.717, 1.165) is 24.9 Å². The summed E-state index contributed by atoms with van der Waals surface area (Å²) in [5.41, 5.74) is 2.28. The maximum Gasteiger partial charge on any atom is 0.227 e. The largest absolute Gasteiger partial charge is 0.341 e. The summed E-state index contributed by atoms with van der Waals surface area (Å²) in [6, 6.07) is 8.04. The lowest BCUT2D eigenvalue weighted by molar-refractivity contribution is -0.130. The number of rotatable bonds is 7. The van der Waals surface area contributed by atoms with Crippen LogP contribution < -0.4 is 0 Å². The topological polar surface area (TPSA) is 20.3 Å². The molecule has 0 aliphatic carbocycles. The van der Waals surface area contributed by atoms with Gasteiger partial charge in [-0.15, -0.1) is 11.6 Å². The van der Waals surface area contributed by atoms with E-state index in [-0.39, 0.29) is 5.91 Å². The van der Waals surface area contributed by atoms with Crippen molar-refractivity contribution in [2.24, 2.45) is 0 Å². The third kappa shape index (κ3) is 4.69. The smallest absolute Gasteiger partial charge is 0.227 e. The Bertz CT molecular complexity index is 379. The molecule has 0 aliphatic rings. The zero-order valence-corrected chi connectivity index (χ0v) is 12.0. The van der Waals surface area contributed by atoms with Gasteiger partial charge in [-0.05, 0) is 24.5 Å². The van der Waals surface area contributed by atoms with Gasteiger partial charge in [0.2, 0.25) is 5.91 Å². The first kappa shape index (κ1) is 15.0. The quantitative estimate of drug-likeness (QED) is 0.694. The number of unbranched alkanes of at least 4 members (excludes halogenated alkanes) is 1. The number of carbonyl (C=O) groups excluding carboxylic acids is 1. The minimum atomic E-state index is 0.179. The van der Waals surface area contributed by atoms with Gasteiger partial charge in [0.1, 0.15) is 0 Å². The number of alkyl halides is 1. The molecule has 1 aromatic rings. The Morgan fingerprint density at radius 2 is 2.00 bits per heavy atom. The van der Waals surface area contributed by atoms with Crippen molar-refractivity contribution >= 4 is 17.5 Å². The zero-order chi connectivity index (χ0) is 13.4. The monoisotopic (exact) mass is 267 g/mol. The molecule has 2 nitrogen and oxygen atoms in total. The van der Waals surface area contributed by atoms with Crippen LogP contribution in [0.15, 0.2) is 24.3 Å². The van der Waals surface area contributed by atoms with Crippen molar-refractivity contribution < 1.29 is 4.79 Å². The Labute approximate surface area is 115 Å². The van der Waals surface area contributed by atoms with Gasteiger partial charge in [-0.3, -0.25) is 4.79 Å². The zero-order valence-electron chi connectivity index (χ0n) is 11.3. The van der Waals surface area contributed by atoms with Crippen LogP contribution in [0.1, 0.15) is 30.9 Å². The average molecular weight is 268 g/mol. The predicted octanol–water partition coefficient (Wildman–Crippen LogP) is 3.41. The van der Waals surface area contributed by atoms with Gasteiger partial charge in [0.15, 0.2) is 0 Å². The third-order valence-electron chi connectivity index (χ3n) is 3.09. The second kappa shape index (κ2) is 8.15. The van der Waals surface area contributed by atoms with E-state index in [1.807, 2.05) is 36.1 Å². The average Bonchev–Trinajstić information content (AvgIpc) is 2.37. The van der Waals surface area contributed by atoms with Crippen LogP contribution in [0.25, 0.3) is 0 Å². The molecule has 100 valence electrons. The van der Waals surface area contributed by atoms with Crippen molar-refractivity contribution in [2.45, 2.75) is 33.1 Å². The predicted molar refractivity (Wildman–Crippen MR) is 77.1 cm³/mol. The molecule has 0 saturated carbocycles. The molecule has 3 heteroatoms. The number of halogens is 1. The van der Waals surface area contributed by atoms with Crippen LogP contribution in [-0.2, 0) is 11.2 Å². The highest BCUT2D eigenvalue weighted by Gasteiger charge is 2.13. The normalized spacial score (nSPS) is 10.4. The summed E-state index contributed by atoms with van der Waals surface area (Å²) in [4.78, 5) is 14.1. The second-order valence-electron chi connectivity index (χ2n) is 4.53. The molecular formula is C15H22ClNO. The van der Waals surface area contributed by atoms with E-state index in [4.69, 9.17) is 11.6 Å². The third-order valence-corrected chi connectivity index (χ3v) is 3.26. The van der Waals surface area contributed by atoms with E-state index in [2.05, 4.69) is 6.92 Å². The van der Waals surface area contributed by atoms with E-state index in [9.17, 15) is 4.79 Å². The first-order chi connectivity index (χ1) is 8.69. The maximum atomic E-state index is 12.2. The molecule has 18 heavy (non-hydrogen) atoms. The van der Waals surface area contributed by atoms with Crippen molar-refractivity contribution in [3.05, 3.63) is 35.4 Å². The summed E-state index contributed by atoms with van der Waals surface area (Å²) in [5.74, 6) is 0.682. The summed E-state index contributed by atoms with van der Waals surface area (Å²) in [6.45, 7) is 5.63. The van der Waals surface area contributed by atoms with Gasteiger partial charge < -0.3 is 4.90 Å². The van der Waals surface area contributed by atoms with Crippen LogP contribution in [0.2, 0.25) is 0 Å². The standard InChI is InChI=1S/C15H22ClNO/c1-3-4-10-17(11-9-16)15(18)12-14-8-6-5-7-13(14)2/h5-8H,3-4,9-12H2,1-2H3. The first-order valence-corrected chi connectivity index (χ1v) is 7.10. The van der Waals surface area contributed by atoms with Crippen molar-refractivity contribution in [1.29, 1.82) is 0 Å². The molecule has 1 aromatic carbocycles. The first-order valence-electron chi connectivity index (χ1n) is 6.57. The summed E-state index contributed by atoms with van der Waals surface area (Å²) in [5, 5.41) is 0. The number of nitrogens with zero attached hydrogens (tertiary/aromatic N) is 1. The van der Waals surface area contributed by atoms with E-state index in [1.54, 1.807) is 0 Å². The van der Waals surface area contributed by atoms with Crippen LogP contribution in [0.3, 0.4) is 0 Å². The van der Waals surface area contributed by atoms with Crippen LogP contribution >= 0.6 is 11.6 Å². The van der Waals surface area contributed by atoms with Crippen molar-refractivity contribution in [3.63, 3.8) is 0 Å². The molecule has 0 saturated heterocycles. The maximum absolute atomic E-state index is 12.2. The Balaban J connectivity index is 2.63. The van der Waals surface area contributed by atoms with Crippen LogP contribution in [0.4, 0.5) is 0 Å². The minimum Gasteiger partial charge on any atom is -0.341 e. The van der Waals surface area contributed by atoms with Gasteiger partial charge in [-0.1, -0.05) is 37.6 Å². The molecule has 0 radical (unpaired) electrons. The molecule has 0 aliphatic heterocycles. The van der Waals surface area contributed by atoms with E-state index < -0.39 is 0 Å². The number of hydrogen-bond donors (Lipinski definition) is 0. The number of aryl methyl sites for hydroxylation is 1. The van der Waals surface area contributed by atoms with Crippen LogP contribution in [0.5, 0.6) is 0 Å². The fraction of sp³-hybridized carbons (Fsp3) is 0.533. The molecule has 0 fully saturated rings. The molecule has 1 rings (SSSR count). The molecule has 0 unspecified atom stereocenters. The lowest BCUT2D eigenvalue weighted by Gasteiger charge is -2.22. The molecule has 0 spiro atoms. The number of benzene rings is 1. The lowest BCUT2D eigenvalue weighted by atomic mass is 10.1. The van der Waals surface area contributed by atoms with Gasteiger partial charge in [0.05, 0.1) is 6.42 Å². The fourth-order valence-corrected chi connectivity index (χ4v) is 2.10.